The SMILES string of the molecule is C/C(=C\B(O)OC(C)(C)C(C)C)C1(O)CCCc2ccccc21. The molecule has 0 bridgehead atoms. The minimum absolute atomic E-state index is 0.282. The molecule has 2 N–H and O–H groups in total. The molecule has 1 atom stereocenters. The van der Waals surface area contributed by atoms with E-state index < -0.39 is 18.3 Å². The Kier molecular flexibility index (Phi) is 5.39. The monoisotopic (exact) mass is 316 g/mol. The van der Waals surface area contributed by atoms with Crippen LogP contribution in [0.1, 0.15) is 58.6 Å². The normalized spacial score (nSPS) is 22.2. The Morgan fingerprint density at radius 3 is 2.65 bits per heavy atom. The number of rotatable bonds is 5. The van der Waals surface area contributed by atoms with Gasteiger partial charge in [0.1, 0.15) is 5.60 Å². The Hall–Kier alpha value is -1.10. The molecule has 0 fully saturated rings. The summed E-state index contributed by atoms with van der Waals surface area (Å²) in [6.45, 7) is 9.93. The van der Waals surface area contributed by atoms with E-state index in [0.29, 0.717) is 6.42 Å². The molecule has 23 heavy (non-hydrogen) atoms. The van der Waals surface area contributed by atoms with Gasteiger partial charge in [0.2, 0.25) is 0 Å². The maximum atomic E-state index is 11.2. The Bertz CT molecular complexity index is 580. The fraction of sp³-hybridized carbons (Fsp3) is 0.579. The molecule has 3 nitrogen and oxygen atoms in total. The second-order valence-corrected chi connectivity index (χ2v) is 7.49. The zero-order valence-corrected chi connectivity index (χ0v) is 15.0. The van der Waals surface area contributed by atoms with Crippen LogP contribution in [0.25, 0.3) is 0 Å². The molecule has 1 unspecified atom stereocenters. The fourth-order valence-electron chi connectivity index (χ4n) is 3.05. The van der Waals surface area contributed by atoms with E-state index >= 15 is 0 Å². The first kappa shape index (κ1) is 18.2. The van der Waals surface area contributed by atoms with Crippen LogP contribution in [0.15, 0.2) is 35.8 Å². The summed E-state index contributed by atoms with van der Waals surface area (Å²) in [4.78, 5) is 0. The van der Waals surface area contributed by atoms with Crippen molar-refractivity contribution in [3.05, 3.63) is 46.9 Å². The zero-order valence-electron chi connectivity index (χ0n) is 15.0. The second kappa shape index (κ2) is 6.80. The molecule has 0 amide bonds. The van der Waals surface area contributed by atoms with Gasteiger partial charge in [-0.3, -0.25) is 0 Å². The lowest BCUT2D eigenvalue weighted by molar-refractivity contribution is 0.0396. The largest absolute Gasteiger partial charge is 0.483 e. The topological polar surface area (TPSA) is 49.7 Å². The summed E-state index contributed by atoms with van der Waals surface area (Å²) in [5, 5.41) is 21.5. The molecule has 126 valence electrons. The lowest BCUT2D eigenvalue weighted by Crippen LogP contribution is -2.38. The van der Waals surface area contributed by atoms with E-state index in [-0.39, 0.29) is 5.92 Å². The van der Waals surface area contributed by atoms with E-state index in [1.165, 1.54) is 5.56 Å². The Balaban J connectivity index is 2.24. The summed E-state index contributed by atoms with van der Waals surface area (Å²) in [7, 11) is -1.02. The van der Waals surface area contributed by atoms with Crippen LogP contribution >= 0.6 is 0 Å². The molecule has 2 rings (SSSR count). The molecule has 0 radical (unpaired) electrons. The van der Waals surface area contributed by atoms with E-state index in [4.69, 9.17) is 4.65 Å². The van der Waals surface area contributed by atoms with Crippen molar-refractivity contribution in [2.45, 2.75) is 65.1 Å². The van der Waals surface area contributed by atoms with Crippen molar-refractivity contribution in [2.24, 2.45) is 5.92 Å². The van der Waals surface area contributed by atoms with Crippen LogP contribution in [0.2, 0.25) is 0 Å². The van der Waals surface area contributed by atoms with Gasteiger partial charge in [-0.15, -0.1) is 0 Å². The summed E-state index contributed by atoms with van der Waals surface area (Å²) in [5.41, 5.74) is 1.45. The van der Waals surface area contributed by atoms with E-state index in [1.54, 1.807) is 5.98 Å². The van der Waals surface area contributed by atoms with Gasteiger partial charge in [0, 0.05) is 0 Å². The second-order valence-electron chi connectivity index (χ2n) is 7.49. The molecule has 1 aliphatic carbocycles. The predicted octanol–water partition coefficient (Wildman–Crippen LogP) is 3.63. The van der Waals surface area contributed by atoms with Gasteiger partial charge in [0.15, 0.2) is 0 Å². The molecule has 0 saturated carbocycles. The standard InChI is InChI=1S/C19H29BO3/c1-14(2)18(4,5)23-20(22)13-15(3)19(21)12-8-10-16-9-6-7-11-17(16)19/h6-7,9,11,13-14,21-22H,8,10,12H2,1-5H3/b15-13+. The minimum atomic E-state index is -1.02. The van der Waals surface area contributed by atoms with Crippen LogP contribution in [-0.4, -0.2) is 22.8 Å². The molecule has 0 aliphatic heterocycles. The van der Waals surface area contributed by atoms with Crippen molar-refractivity contribution in [3.63, 3.8) is 0 Å². The third kappa shape index (κ3) is 3.88. The molecule has 0 aromatic heterocycles. The summed E-state index contributed by atoms with van der Waals surface area (Å²) >= 11 is 0. The van der Waals surface area contributed by atoms with Crippen LogP contribution in [0.5, 0.6) is 0 Å². The third-order valence-corrected chi connectivity index (χ3v) is 5.31. The van der Waals surface area contributed by atoms with Gasteiger partial charge >= 0.3 is 7.12 Å². The van der Waals surface area contributed by atoms with Crippen LogP contribution in [0.3, 0.4) is 0 Å². The van der Waals surface area contributed by atoms with Crippen molar-refractivity contribution in [1.82, 2.24) is 0 Å². The summed E-state index contributed by atoms with van der Waals surface area (Å²) < 4.78 is 5.76. The van der Waals surface area contributed by atoms with Crippen LogP contribution < -0.4 is 0 Å². The third-order valence-electron chi connectivity index (χ3n) is 5.31. The summed E-state index contributed by atoms with van der Waals surface area (Å²) in [5.74, 6) is 1.93. The van der Waals surface area contributed by atoms with E-state index in [1.807, 2.05) is 39.0 Å². The molecule has 0 heterocycles. The Labute approximate surface area is 140 Å². The first-order valence-corrected chi connectivity index (χ1v) is 8.52. The number of aliphatic hydroxyl groups is 1. The van der Waals surface area contributed by atoms with E-state index in [2.05, 4.69) is 19.9 Å². The molecule has 1 aromatic rings. The first-order chi connectivity index (χ1) is 10.7. The van der Waals surface area contributed by atoms with Gasteiger partial charge in [-0.1, -0.05) is 44.1 Å². The van der Waals surface area contributed by atoms with Crippen molar-refractivity contribution in [1.29, 1.82) is 0 Å². The summed E-state index contributed by atoms with van der Waals surface area (Å²) in [6, 6.07) is 8.02. The average Bonchev–Trinajstić information content (AvgIpc) is 2.46. The van der Waals surface area contributed by atoms with Crippen molar-refractivity contribution < 1.29 is 14.8 Å². The van der Waals surface area contributed by atoms with Gasteiger partial charge in [-0.05, 0) is 62.7 Å². The molecule has 4 heteroatoms. The molecular weight excluding hydrogens is 287 g/mol. The van der Waals surface area contributed by atoms with Gasteiger partial charge in [0.25, 0.3) is 0 Å². The highest BCUT2D eigenvalue weighted by Crippen LogP contribution is 2.40. The number of hydrogen-bond donors (Lipinski definition) is 2. The minimum Gasteiger partial charge on any atom is -0.423 e. The maximum Gasteiger partial charge on any atom is 0.483 e. The van der Waals surface area contributed by atoms with Gasteiger partial charge in [-0.2, -0.15) is 0 Å². The number of fused-ring (bicyclic) bond motifs is 1. The van der Waals surface area contributed by atoms with Gasteiger partial charge < -0.3 is 14.8 Å². The summed E-state index contributed by atoms with van der Waals surface area (Å²) in [6.07, 6.45) is 2.60. The highest BCUT2D eigenvalue weighted by atomic mass is 16.5. The zero-order chi connectivity index (χ0) is 17.3. The van der Waals surface area contributed by atoms with Crippen LogP contribution in [0.4, 0.5) is 0 Å². The Morgan fingerprint density at radius 1 is 1.35 bits per heavy atom. The molecule has 1 aromatic carbocycles. The quantitative estimate of drug-likeness (QED) is 0.816. The average molecular weight is 316 g/mol. The number of benzene rings is 1. The van der Waals surface area contributed by atoms with E-state index in [0.717, 1.165) is 24.0 Å². The van der Waals surface area contributed by atoms with Crippen molar-refractivity contribution in [2.75, 3.05) is 0 Å². The van der Waals surface area contributed by atoms with Crippen LogP contribution in [0, 0.1) is 5.92 Å². The molecular formula is C19H29BO3. The molecule has 0 saturated heterocycles. The fourth-order valence-corrected chi connectivity index (χ4v) is 3.05. The van der Waals surface area contributed by atoms with Gasteiger partial charge in [0.05, 0.1) is 5.60 Å². The highest BCUT2D eigenvalue weighted by Gasteiger charge is 2.37. The lowest BCUT2D eigenvalue weighted by atomic mass is 9.72. The molecule has 0 spiro atoms. The smallest absolute Gasteiger partial charge is 0.423 e. The Morgan fingerprint density at radius 2 is 2.00 bits per heavy atom. The van der Waals surface area contributed by atoms with Gasteiger partial charge in [-0.25, -0.2) is 0 Å². The highest BCUT2D eigenvalue weighted by molar-refractivity contribution is 6.49. The first-order valence-electron chi connectivity index (χ1n) is 8.52. The van der Waals surface area contributed by atoms with E-state index in [9.17, 15) is 10.1 Å². The predicted molar refractivity (Wildman–Crippen MR) is 95.0 cm³/mol. The maximum absolute atomic E-state index is 11.2. The van der Waals surface area contributed by atoms with Crippen molar-refractivity contribution >= 4 is 7.12 Å². The lowest BCUT2D eigenvalue weighted by Gasteiger charge is -2.36. The number of hydrogen-bond acceptors (Lipinski definition) is 3. The molecule has 1 aliphatic rings. The van der Waals surface area contributed by atoms with Crippen molar-refractivity contribution in [3.8, 4) is 0 Å². The number of aryl methyl sites for hydroxylation is 1. The van der Waals surface area contributed by atoms with Crippen LogP contribution in [-0.2, 0) is 16.7 Å².